The molecule has 0 N–H and O–H groups in total. The van der Waals surface area contributed by atoms with Gasteiger partial charge >= 0.3 is 6.09 Å². The van der Waals surface area contributed by atoms with E-state index in [0.29, 0.717) is 53.0 Å². The average molecular weight is 535 g/mol. The van der Waals surface area contributed by atoms with E-state index in [4.69, 9.17) is 25.8 Å². The van der Waals surface area contributed by atoms with Gasteiger partial charge in [0, 0.05) is 26.0 Å². The smallest absolute Gasteiger partial charge is 0.422 e. The zero-order valence-electron chi connectivity index (χ0n) is 18.9. The summed E-state index contributed by atoms with van der Waals surface area (Å²) in [6.45, 7) is 9.15. The number of benzene rings is 2. The number of anilines is 1. The van der Waals surface area contributed by atoms with E-state index >= 15 is 0 Å². The third-order valence-electron chi connectivity index (χ3n) is 5.25. The molecule has 0 spiro atoms. The number of rotatable bonds is 4. The highest BCUT2D eigenvalue weighted by molar-refractivity contribution is 9.10. The molecule has 2 aliphatic rings. The maximum atomic E-state index is 13.4. The lowest BCUT2D eigenvalue weighted by atomic mass is 9.90. The van der Waals surface area contributed by atoms with Crippen molar-refractivity contribution in [2.75, 3.05) is 24.7 Å². The number of ether oxygens (including phenoxy) is 3. The number of fused-ring (bicyclic) bond motifs is 1. The lowest BCUT2D eigenvalue weighted by molar-refractivity contribution is -0.120. The Morgan fingerprint density at radius 3 is 2.61 bits per heavy atom. The third-order valence-corrected chi connectivity index (χ3v) is 5.98. The second kappa shape index (κ2) is 8.78. The predicted octanol–water partition coefficient (Wildman–Crippen LogP) is 6.34. The van der Waals surface area contributed by atoms with Crippen LogP contribution in [0.5, 0.6) is 5.75 Å². The van der Waals surface area contributed by atoms with Crippen LogP contribution in [0.15, 0.2) is 40.9 Å². The summed E-state index contributed by atoms with van der Waals surface area (Å²) in [4.78, 5) is 27.3. The fourth-order valence-electron chi connectivity index (χ4n) is 3.60. The Balaban J connectivity index is 1.73. The minimum Gasteiger partial charge on any atom is -0.492 e. The van der Waals surface area contributed by atoms with E-state index in [0.717, 1.165) is 9.37 Å². The molecule has 2 aliphatic heterocycles. The van der Waals surface area contributed by atoms with Crippen LogP contribution in [0.4, 0.5) is 10.5 Å². The highest BCUT2D eigenvalue weighted by atomic mass is 79.9. The van der Waals surface area contributed by atoms with Crippen molar-refractivity contribution in [3.05, 3.63) is 57.0 Å². The standard InChI is InChI=1S/C25H25BrClNO5/c1-24(2,3)33-23(30)28-20-11-17(27)6-7-18(20)19(22(28)29)10-15-9-16(26)5-8-21(15)32-14-25(4)12-31-13-25/h5-11H,12-14H2,1-4H3/b19-10-. The molecule has 8 heteroatoms. The summed E-state index contributed by atoms with van der Waals surface area (Å²) in [5, 5.41) is 0.416. The van der Waals surface area contributed by atoms with Crippen LogP contribution in [0.25, 0.3) is 11.6 Å². The average Bonchev–Trinajstić information content (AvgIpc) is 2.95. The van der Waals surface area contributed by atoms with E-state index in [2.05, 4.69) is 22.9 Å². The van der Waals surface area contributed by atoms with Gasteiger partial charge in [-0.25, -0.2) is 9.69 Å². The second-order valence-corrected chi connectivity index (χ2v) is 11.0. The first-order chi connectivity index (χ1) is 15.5. The first-order valence-corrected chi connectivity index (χ1v) is 11.7. The maximum absolute atomic E-state index is 13.4. The number of amides is 2. The number of carbonyl (C=O) groups is 2. The van der Waals surface area contributed by atoms with Crippen LogP contribution in [-0.2, 0) is 14.3 Å². The molecule has 0 radical (unpaired) electrons. The van der Waals surface area contributed by atoms with Gasteiger partial charge in [0.2, 0.25) is 0 Å². The minimum absolute atomic E-state index is 0.0302. The van der Waals surface area contributed by atoms with Crippen LogP contribution in [0.3, 0.4) is 0 Å². The lowest BCUT2D eigenvalue weighted by Crippen LogP contribution is -2.44. The molecule has 33 heavy (non-hydrogen) atoms. The first-order valence-electron chi connectivity index (χ1n) is 10.5. The van der Waals surface area contributed by atoms with E-state index in [1.807, 2.05) is 18.2 Å². The molecule has 2 aromatic rings. The quantitative estimate of drug-likeness (QED) is 0.428. The minimum atomic E-state index is -0.755. The van der Waals surface area contributed by atoms with Crippen molar-refractivity contribution >= 4 is 56.9 Å². The van der Waals surface area contributed by atoms with Gasteiger partial charge in [0.15, 0.2) is 0 Å². The second-order valence-electron chi connectivity index (χ2n) is 9.61. The van der Waals surface area contributed by atoms with E-state index in [1.54, 1.807) is 45.0 Å². The fraction of sp³-hybridized carbons (Fsp3) is 0.360. The molecule has 1 fully saturated rings. The van der Waals surface area contributed by atoms with E-state index < -0.39 is 17.6 Å². The number of hydrogen-bond acceptors (Lipinski definition) is 5. The highest BCUT2D eigenvalue weighted by Crippen LogP contribution is 2.41. The van der Waals surface area contributed by atoms with Crippen LogP contribution in [0.2, 0.25) is 5.02 Å². The Hall–Kier alpha value is -2.35. The third kappa shape index (κ3) is 5.10. The Bertz CT molecular complexity index is 1150. The van der Waals surface area contributed by atoms with Gasteiger partial charge in [0.25, 0.3) is 5.91 Å². The summed E-state index contributed by atoms with van der Waals surface area (Å²) in [7, 11) is 0. The molecule has 1 saturated heterocycles. The topological polar surface area (TPSA) is 65.1 Å². The molecular formula is C25H25BrClNO5. The van der Waals surface area contributed by atoms with Crippen LogP contribution >= 0.6 is 27.5 Å². The van der Waals surface area contributed by atoms with Gasteiger partial charge in [-0.3, -0.25) is 4.79 Å². The number of halogens is 2. The van der Waals surface area contributed by atoms with Gasteiger partial charge in [0.1, 0.15) is 11.4 Å². The summed E-state index contributed by atoms with van der Waals surface area (Å²) in [5.74, 6) is 0.157. The number of hydrogen-bond donors (Lipinski definition) is 0. The molecule has 0 aliphatic carbocycles. The van der Waals surface area contributed by atoms with Gasteiger partial charge < -0.3 is 14.2 Å². The Morgan fingerprint density at radius 2 is 1.97 bits per heavy atom. The molecule has 2 aromatic carbocycles. The molecule has 6 nitrogen and oxygen atoms in total. The van der Waals surface area contributed by atoms with Gasteiger partial charge in [-0.1, -0.05) is 40.5 Å². The predicted molar refractivity (Wildman–Crippen MR) is 132 cm³/mol. The number of imide groups is 1. The van der Waals surface area contributed by atoms with Gasteiger partial charge in [0.05, 0.1) is 31.1 Å². The fourth-order valence-corrected chi connectivity index (χ4v) is 4.14. The summed E-state index contributed by atoms with van der Waals surface area (Å²) >= 11 is 9.68. The molecule has 174 valence electrons. The zero-order valence-corrected chi connectivity index (χ0v) is 21.2. The monoisotopic (exact) mass is 533 g/mol. The van der Waals surface area contributed by atoms with Gasteiger partial charge in [-0.15, -0.1) is 0 Å². The molecule has 0 aromatic heterocycles. The van der Waals surface area contributed by atoms with Crippen molar-refractivity contribution in [2.24, 2.45) is 5.41 Å². The van der Waals surface area contributed by atoms with Crippen LogP contribution in [-0.4, -0.2) is 37.4 Å². The van der Waals surface area contributed by atoms with E-state index in [9.17, 15) is 9.59 Å². The molecule has 4 rings (SSSR count). The normalized spacial score (nSPS) is 18.2. The molecule has 0 atom stereocenters. The first kappa shape index (κ1) is 23.8. The highest BCUT2D eigenvalue weighted by Gasteiger charge is 2.39. The van der Waals surface area contributed by atoms with Crippen LogP contribution in [0.1, 0.15) is 38.8 Å². The molecule has 2 amide bonds. The molecule has 0 bridgehead atoms. The van der Waals surface area contributed by atoms with Crippen LogP contribution in [0, 0.1) is 5.41 Å². The Labute approximate surface area is 206 Å². The summed E-state index contributed by atoms with van der Waals surface area (Å²) in [6, 6.07) is 10.6. The van der Waals surface area contributed by atoms with Crippen molar-refractivity contribution in [3.8, 4) is 5.75 Å². The van der Waals surface area contributed by atoms with E-state index in [-0.39, 0.29) is 5.41 Å². The molecule has 0 unspecified atom stereocenters. The number of carbonyl (C=O) groups excluding carboxylic acids is 2. The summed E-state index contributed by atoms with van der Waals surface area (Å²) in [6.07, 6.45) is 0.988. The summed E-state index contributed by atoms with van der Waals surface area (Å²) in [5.41, 5.74) is 1.27. The van der Waals surface area contributed by atoms with Gasteiger partial charge in [-0.05, 0) is 57.2 Å². The Kier molecular flexibility index (Phi) is 6.33. The SMILES string of the molecule is CC1(COc2ccc(Br)cc2/C=C2\C(=O)N(C(=O)OC(C)(C)C)c3cc(Cl)ccc32)COC1. The van der Waals surface area contributed by atoms with Gasteiger partial charge in [-0.2, -0.15) is 0 Å². The Morgan fingerprint density at radius 1 is 1.24 bits per heavy atom. The molecule has 0 saturated carbocycles. The maximum Gasteiger partial charge on any atom is 0.422 e. The summed E-state index contributed by atoms with van der Waals surface area (Å²) < 4.78 is 17.7. The lowest BCUT2D eigenvalue weighted by Gasteiger charge is -2.37. The van der Waals surface area contributed by atoms with Crippen LogP contribution < -0.4 is 9.64 Å². The molecule has 2 heterocycles. The van der Waals surface area contributed by atoms with Crippen molar-refractivity contribution < 1.29 is 23.8 Å². The zero-order chi connectivity index (χ0) is 24.0. The molecular weight excluding hydrogens is 510 g/mol. The van der Waals surface area contributed by atoms with Crippen molar-refractivity contribution in [1.29, 1.82) is 0 Å². The number of nitrogens with zero attached hydrogens (tertiary/aromatic N) is 1. The van der Waals surface area contributed by atoms with Crippen molar-refractivity contribution in [1.82, 2.24) is 0 Å². The van der Waals surface area contributed by atoms with Crippen molar-refractivity contribution in [3.63, 3.8) is 0 Å². The van der Waals surface area contributed by atoms with E-state index in [1.165, 1.54) is 0 Å². The largest absolute Gasteiger partial charge is 0.492 e. The van der Waals surface area contributed by atoms with Crippen molar-refractivity contribution in [2.45, 2.75) is 33.3 Å².